The molecule has 1 aromatic heterocycles. The molecule has 0 spiro atoms. The molecule has 0 saturated heterocycles. The van der Waals surface area contributed by atoms with Gasteiger partial charge < -0.3 is 14.8 Å². The van der Waals surface area contributed by atoms with Crippen molar-refractivity contribution in [2.75, 3.05) is 32.7 Å². The Labute approximate surface area is 112 Å². The third kappa shape index (κ3) is 3.66. The molecule has 0 fully saturated rings. The molecule has 19 heavy (non-hydrogen) atoms. The van der Waals surface area contributed by atoms with Gasteiger partial charge in [0.25, 0.3) is 0 Å². The first-order chi connectivity index (χ1) is 9.33. The number of ether oxygens (including phenoxy) is 2. The van der Waals surface area contributed by atoms with Gasteiger partial charge in [0.1, 0.15) is 5.75 Å². The third-order valence-corrected chi connectivity index (χ3v) is 2.66. The van der Waals surface area contributed by atoms with Gasteiger partial charge in [0, 0.05) is 31.6 Å². The normalized spacial score (nSPS) is 10.2. The van der Waals surface area contributed by atoms with E-state index in [-0.39, 0.29) is 0 Å². The summed E-state index contributed by atoms with van der Waals surface area (Å²) in [4.78, 5) is 8.52. The number of benzene rings is 1. The zero-order valence-corrected chi connectivity index (χ0v) is 11.1. The number of hydrogen-bond donors (Lipinski definition) is 1. The first-order valence-electron chi connectivity index (χ1n) is 6.03. The average molecular weight is 259 g/mol. The molecule has 0 atom stereocenters. The van der Waals surface area contributed by atoms with Gasteiger partial charge in [0.2, 0.25) is 5.95 Å². The maximum Gasteiger partial charge on any atom is 0.222 e. The molecule has 0 aliphatic rings. The second-order valence-corrected chi connectivity index (χ2v) is 3.94. The molecule has 0 radical (unpaired) electrons. The van der Waals surface area contributed by atoms with E-state index in [0.29, 0.717) is 19.1 Å². The number of rotatable bonds is 6. The molecule has 100 valence electrons. The summed E-state index contributed by atoms with van der Waals surface area (Å²) in [6.45, 7) is 1.32. The molecular formula is C14H17N3O2. The number of nitrogens with zero attached hydrogens (tertiary/aromatic N) is 2. The highest BCUT2D eigenvalue weighted by Crippen LogP contribution is 2.21. The Morgan fingerprint density at radius 2 is 1.68 bits per heavy atom. The molecule has 5 nitrogen and oxygen atoms in total. The van der Waals surface area contributed by atoms with Crippen molar-refractivity contribution in [1.82, 2.24) is 9.97 Å². The van der Waals surface area contributed by atoms with Crippen LogP contribution < -0.4 is 10.1 Å². The van der Waals surface area contributed by atoms with Gasteiger partial charge >= 0.3 is 0 Å². The van der Waals surface area contributed by atoms with E-state index in [0.717, 1.165) is 16.9 Å². The minimum Gasteiger partial charge on any atom is -0.497 e. The van der Waals surface area contributed by atoms with Crippen LogP contribution in [0.4, 0.5) is 5.95 Å². The fraction of sp³-hybridized carbons (Fsp3) is 0.286. The van der Waals surface area contributed by atoms with Crippen LogP contribution in [0.5, 0.6) is 5.75 Å². The third-order valence-electron chi connectivity index (χ3n) is 2.66. The Kier molecular flexibility index (Phi) is 4.69. The summed E-state index contributed by atoms with van der Waals surface area (Å²) in [7, 11) is 3.31. The van der Waals surface area contributed by atoms with Gasteiger partial charge in [-0.25, -0.2) is 9.97 Å². The number of anilines is 1. The molecule has 0 aliphatic heterocycles. The van der Waals surface area contributed by atoms with E-state index in [1.54, 1.807) is 26.6 Å². The highest BCUT2D eigenvalue weighted by molar-refractivity contribution is 5.62. The highest BCUT2D eigenvalue weighted by Gasteiger charge is 2.00. The second-order valence-electron chi connectivity index (χ2n) is 3.94. The lowest BCUT2D eigenvalue weighted by Gasteiger charge is -2.06. The molecule has 0 amide bonds. The van der Waals surface area contributed by atoms with Crippen LogP contribution in [0, 0.1) is 0 Å². The first-order valence-corrected chi connectivity index (χ1v) is 6.03. The molecule has 0 saturated carbocycles. The number of hydrogen-bond acceptors (Lipinski definition) is 5. The maximum atomic E-state index is 5.13. The van der Waals surface area contributed by atoms with Crippen molar-refractivity contribution in [3.05, 3.63) is 36.7 Å². The van der Waals surface area contributed by atoms with Gasteiger partial charge in [-0.2, -0.15) is 0 Å². The maximum absolute atomic E-state index is 5.13. The Morgan fingerprint density at radius 3 is 2.26 bits per heavy atom. The lowest BCUT2D eigenvalue weighted by molar-refractivity contribution is 0.210. The molecule has 1 heterocycles. The van der Waals surface area contributed by atoms with Crippen molar-refractivity contribution in [1.29, 1.82) is 0 Å². The van der Waals surface area contributed by atoms with Crippen LogP contribution in [0.1, 0.15) is 0 Å². The molecule has 2 rings (SSSR count). The van der Waals surface area contributed by atoms with E-state index in [1.807, 2.05) is 24.3 Å². The topological polar surface area (TPSA) is 56.3 Å². The van der Waals surface area contributed by atoms with Crippen molar-refractivity contribution in [2.24, 2.45) is 0 Å². The Morgan fingerprint density at radius 1 is 1.00 bits per heavy atom. The fourth-order valence-corrected chi connectivity index (χ4v) is 1.62. The van der Waals surface area contributed by atoms with Crippen LogP contribution in [-0.2, 0) is 4.74 Å². The van der Waals surface area contributed by atoms with Crippen LogP contribution in [0.3, 0.4) is 0 Å². The zero-order chi connectivity index (χ0) is 13.5. The van der Waals surface area contributed by atoms with Crippen molar-refractivity contribution in [2.45, 2.75) is 0 Å². The fourth-order valence-electron chi connectivity index (χ4n) is 1.62. The van der Waals surface area contributed by atoms with Crippen LogP contribution in [0.15, 0.2) is 36.7 Å². The van der Waals surface area contributed by atoms with Gasteiger partial charge in [-0.05, 0) is 17.7 Å². The van der Waals surface area contributed by atoms with Crippen LogP contribution in [0.25, 0.3) is 11.1 Å². The highest BCUT2D eigenvalue weighted by atomic mass is 16.5. The summed E-state index contributed by atoms with van der Waals surface area (Å²) in [6.07, 6.45) is 3.59. The largest absolute Gasteiger partial charge is 0.497 e. The number of nitrogens with one attached hydrogen (secondary N) is 1. The SMILES string of the molecule is COCCNc1ncc(-c2ccc(OC)cc2)cn1. The smallest absolute Gasteiger partial charge is 0.222 e. The average Bonchev–Trinajstić information content (AvgIpc) is 2.48. The number of aromatic nitrogens is 2. The van der Waals surface area contributed by atoms with E-state index in [4.69, 9.17) is 9.47 Å². The van der Waals surface area contributed by atoms with Crippen LogP contribution in [0.2, 0.25) is 0 Å². The summed E-state index contributed by atoms with van der Waals surface area (Å²) in [5.74, 6) is 1.44. The van der Waals surface area contributed by atoms with E-state index in [9.17, 15) is 0 Å². The van der Waals surface area contributed by atoms with Crippen molar-refractivity contribution in [3.63, 3.8) is 0 Å². The summed E-state index contributed by atoms with van der Waals surface area (Å²) in [5, 5.41) is 3.08. The molecular weight excluding hydrogens is 242 g/mol. The summed E-state index contributed by atoms with van der Waals surface area (Å²) < 4.78 is 10.1. The van der Waals surface area contributed by atoms with E-state index < -0.39 is 0 Å². The van der Waals surface area contributed by atoms with Gasteiger partial charge in [-0.1, -0.05) is 12.1 Å². The lowest BCUT2D eigenvalue weighted by atomic mass is 10.1. The standard InChI is InChI=1S/C14H17N3O2/c1-18-8-7-15-14-16-9-12(10-17-14)11-3-5-13(19-2)6-4-11/h3-6,9-10H,7-8H2,1-2H3,(H,15,16,17). The lowest BCUT2D eigenvalue weighted by Crippen LogP contribution is -2.09. The molecule has 0 aliphatic carbocycles. The first kappa shape index (κ1) is 13.3. The Bertz CT molecular complexity index is 497. The van der Waals surface area contributed by atoms with Gasteiger partial charge in [-0.15, -0.1) is 0 Å². The summed E-state index contributed by atoms with van der Waals surface area (Å²) in [5.41, 5.74) is 2.03. The minimum absolute atomic E-state index is 0.606. The van der Waals surface area contributed by atoms with Gasteiger partial charge in [0.05, 0.1) is 13.7 Å². The van der Waals surface area contributed by atoms with Crippen LogP contribution >= 0.6 is 0 Å². The molecule has 0 unspecified atom stereocenters. The monoisotopic (exact) mass is 259 g/mol. The molecule has 1 N–H and O–H groups in total. The van der Waals surface area contributed by atoms with E-state index in [1.165, 1.54) is 0 Å². The zero-order valence-electron chi connectivity index (χ0n) is 11.1. The summed E-state index contributed by atoms with van der Waals surface area (Å²) in [6, 6.07) is 7.80. The molecule has 2 aromatic rings. The predicted octanol–water partition coefficient (Wildman–Crippen LogP) is 2.21. The van der Waals surface area contributed by atoms with Crippen molar-refractivity contribution in [3.8, 4) is 16.9 Å². The minimum atomic E-state index is 0.606. The molecule has 5 heteroatoms. The molecule has 0 bridgehead atoms. The second kappa shape index (κ2) is 6.70. The van der Waals surface area contributed by atoms with Crippen molar-refractivity contribution < 1.29 is 9.47 Å². The van der Waals surface area contributed by atoms with E-state index >= 15 is 0 Å². The van der Waals surface area contributed by atoms with Crippen LogP contribution in [-0.4, -0.2) is 37.3 Å². The molecule has 1 aromatic carbocycles. The van der Waals surface area contributed by atoms with Gasteiger partial charge in [0.15, 0.2) is 0 Å². The Hall–Kier alpha value is -2.14. The Balaban J connectivity index is 2.04. The predicted molar refractivity (Wildman–Crippen MR) is 74.4 cm³/mol. The van der Waals surface area contributed by atoms with Crippen molar-refractivity contribution >= 4 is 5.95 Å². The van der Waals surface area contributed by atoms with E-state index in [2.05, 4.69) is 15.3 Å². The van der Waals surface area contributed by atoms with Gasteiger partial charge in [-0.3, -0.25) is 0 Å². The summed E-state index contributed by atoms with van der Waals surface area (Å²) >= 11 is 0. The quantitative estimate of drug-likeness (QED) is 0.806. The number of methoxy groups -OCH3 is 2.